The molecule has 0 fully saturated rings. The first-order chi connectivity index (χ1) is 9.63. The predicted octanol–water partition coefficient (Wildman–Crippen LogP) is 2.29. The number of aliphatic imine (C=N–C) groups is 1. The lowest BCUT2D eigenvalue weighted by molar-refractivity contribution is 0.415. The molecule has 102 valence electrons. The van der Waals surface area contributed by atoms with Crippen molar-refractivity contribution >= 4 is 23.6 Å². The Balaban J connectivity index is 2.16. The summed E-state index contributed by atoms with van der Waals surface area (Å²) in [4.78, 5) is 4.35. The number of imidazole rings is 1. The maximum absolute atomic E-state index is 10.2. The summed E-state index contributed by atoms with van der Waals surface area (Å²) in [5.74, 6) is 0.116. The van der Waals surface area contributed by atoms with Gasteiger partial charge in [-0.25, -0.2) is 0 Å². The average molecular weight is 268 g/mol. The molecule has 0 unspecified atom stereocenters. The van der Waals surface area contributed by atoms with Crippen molar-refractivity contribution in [1.29, 1.82) is 5.41 Å². The second kappa shape index (κ2) is 4.52. The van der Waals surface area contributed by atoms with E-state index in [0.717, 1.165) is 16.8 Å². The van der Waals surface area contributed by atoms with E-state index in [1.54, 1.807) is 22.4 Å². The molecule has 0 bridgehead atoms. The quantitative estimate of drug-likeness (QED) is 0.862. The first kappa shape index (κ1) is 12.5. The van der Waals surface area contributed by atoms with Gasteiger partial charge in [0.2, 0.25) is 11.5 Å². The number of benzene rings is 1. The Hall–Kier alpha value is -2.56. The molecule has 20 heavy (non-hydrogen) atoms. The Morgan fingerprint density at radius 1 is 1.35 bits per heavy atom. The lowest BCUT2D eigenvalue weighted by Gasteiger charge is -2.01. The van der Waals surface area contributed by atoms with Crippen LogP contribution in [-0.2, 0) is 13.6 Å². The summed E-state index contributed by atoms with van der Waals surface area (Å²) < 4.78 is 3.23. The maximum atomic E-state index is 10.2. The number of hydrogen-bond donors (Lipinski definition) is 2. The molecule has 1 aromatic carbocycles. The first-order valence-electron chi connectivity index (χ1n) is 6.51. The SMILES string of the molecule is CCn1c(O)c(/C=C2\C=Nc3ccccc32)n(C)c1=N. The Bertz CT molecular complexity index is 793. The van der Waals surface area contributed by atoms with Crippen LogP contribution < -0.4 is 5.62 Å². The summed E-state index contributed by atoms with van der Waals surface area (Å²) in [6.45, 7) is 2.47. The highest BCUT2D eigenvalue weighted by atomic mass is 16.3. The van der Waals surface area contributed by atoms with Gasteiger partial charge in [0.15, 0.2) is 0 Å². The highest BCUT2D eigenvalue weighted by Gasteiger charge is 2.16. The van der Waals surface area contributed by atoms with Crippen LogP contribution in [-0.4, -0.2) is 20.5 Å². The van der Waals surface area contributed by atoms with Gasteiger partial charge in [-0.3, -0.25) is 15.0 Å². The van der Waals surface area contributed by atoms with Crippen molar-refractivity contribution in [2.75, 3.05) is 0 Å². The molecular weight excluding hydrogens is 252 g/mol. The third-order valence-corrected chi connectivity index (χ3v) is 3.59. The van der Waals surface area contributed by atoms with Crippen LogP contribution in [0.25, 0.3) is 11.6 Å². The molecule has 0 radical (unpaired) electrons. The van der Waals surface area contributed by atoms with Crippen LogP contribution in [0, 0.1) is 5.41 Å². The van der Waals surface area contributed by atoms with Gasteiger partial charge in [0.25, 0.3) is 0 Å². The van der Waals surface area contributed by atoms with E-state index in [2.05, 4.69) is 4.99 Å². The van der Waals surface area contributed by atoms with Crippen LogP contribution in [0.15, 0.2) is 29.3 Å². The minimum absolute atomic E-state index is 0.116. The molecule has 2 heterocycles. The molecular formula is C15H16N4O. The Kier molecular flexibility index (Phi) is 2.82. The molecule has 0 spiro atoms. The summed E-state index contributed by atoms with van der Waals surface area (Å²) >= 11 is 0. The minimum atomic E-state index is 0.116. The number of hydrogen-bond acceptors (Lipinski definition) is 3. The molecule has 2 N–H and O–H groups in total. The van der Waals surface area contributed by atoms with Crippen LogP contribution >= 0.6 is 0 Å². The molecule has 3 rings (SSSR count). The van der Waals surface area contributed by atoms with E-state index in [1.807, 2.05) is 37.3 Å². The molecule has 1 aliphatic heterocycles. The maximum Gasteiger partial charge on any atom is 0.218 e. The Morgan fingerprint density at radius 3 is 2.80 bits per heavy atom. The van der Waals surface area contributed by atoms with E-state index < -0.39 is 0 Å². The van der Waals surface area contributed by atoms with E-state index in [1.165, 1.54) is 0 Å². The second-order valence-corrected chi connectivity index (χ2v) is 4.71. The molecule has 5 nitrogen and oxygen atoms in total. The number of allylic oxidation sites excluding steroid dienone is 1. The van der Waals surface area contributed by atoms with Crippen LogP contribution in [0.2, 0.25) is 0 Å². The fraction of sp³-hybridized carbons (Fsp3) is 0.200. The number of nitrogens with one attached hydrogen (secondary N) is 1. The van der Waals surface area contributed by atoms with Gasteiger partial charge in [0.05, 0.1) is 5.69 Å². The summed E-state index contributed by atoms with van der Waals surface area (Å²) in [7, 11) is 1.78. The molecule has 1 aromatic heterocycles. The van der Waals surface area contributed by atoms with Gasteiger partial charge in [-0.1, -0.05) is 18.2 Å². The van der Waals surface area contributed by atoms with Crippen molar-refractivity contribution in [3.8, 4) is 5.88 Å². The van der Waals surface area contributed by atoms with Gasteiger partial charge >= 0.3 is 0 Å². The monoisotopic (exact) mass is 268 g/mol. The Morgan fingerprint density at radius 2 is 2.10 bits per heavy atom. The van der Waals surface area contributed by atoms with Crippen molar-refractivity contribution in [3.63, 3.8) is 0 Å². The van der Waals surface area contributed by atoms with Crippen LogP contribution in [0.3, 0.4) is 0 Å². The summed E-state index contributed by atoms with van der Waals surface area (Å²) in [6, 6.07) is 7.88. The van der Waals surface area contributed by atoms with Crippen molar-refractivity contribution in [2.24, 2.45) is 12.0 Å². The molecule has 1 aliphatic rings. The number of rotatable bonds is 2. The van der Waals surface area contributed by atoms with E-state index in [9.17, 15) is 5.11 Å². The van der Waals surface area contributed by atoms with Crippen molar-refractivity contribution < 1.29 is 5.11 Å². The lowest BCUT2D eigenvalue weighted by Crippen LogP contribution is -2.22. The van der Waals surface area contributed by atoms with Gasteiger partial charge in [0.1, 0.15) is 5.69 Å². The second-order valence-electron chi connectivity index (χ2n) is 4.71. The Labute approximate surface area is 116 Å². The van der Waals surface area contributed by atoms with Gasteiger partial charge < -0.3 is 9.67 Å². The number of nitrogens with zero attached hydrogens (tertiary/aromatic N) is 3. The molecule has 0 saturated carbocycles. The average Bonchev–Trinajstić information content (AvgIpc) is 2.95. The molecule has 0 saturated heterocycles. The highest BCUT2D eigenvalue weighted by Crippen LogP contribution is 2.33. The molecule has 0 amide bonds. The fourth-order valence-corrected chi connectivity index (χ4v) is 2.45. The first-order valence-corrected chi connectivity index (χ1v) is 6.51. The smallest absolute Gasteiger partial charge is 0.218 e. The van der Waals surface area contributed by atoms with Gasteiger partial charge in [-0.2, -0.15) is 0 Å². The van der Waals surface area contributed by atoms with E-state index >= 15 is 0 Å². The van der Waals surface area contributed by atoms with Crippen molar-refractivity contribution in [3.05, 3.63) is 41.1 Å². The van der Waals surface area contributed by atoms with Crippen LogP contribution in [0.4, 0.5) is 5.69 Å². The normalized spacial score (nSPS) is 15.0. The number of fused-ring (bicyclic) bond motifs is 1. The predicted molar refractivity (Wildman–Crippen MR) is 79.1 cm³/mol. The van der Waals surface area contributed by atoms with Gasteiger partial charge in [0, 0.05) is 30.9 Å². The standard InChI is InChI=1S/C15H16N4O/c1-3-19-14(20)13(18(2)15(19)16)8-10-9-17-12-7-5-4-6-11(10)12/h4-9,16,20H,3H2,1-2H3/b10-8+,16-15?. The minimum Gasteiger partial charge on any atom is -0.493 e. The zero-order chi connectivity index (χ0) is 14.3. The van der Waals surface area contributed by atoms with Crippen LogP contribution in [0.5, 0.6) is 5.88 Å². The molecule has 0 aliphatic carbocycles. The third-order valence-electron chi connectivity index (χ3n) is 3.59. The lowest BCUT2D eigenvalue weighted by atomic mass is 10.1. The van der Waals surface area contributed by atoms with Crippen LogP contribution in [0.1, 0.15) is 18.2 Å². The van der Waals surface area contributed by atoms with E-state index in [-0.39, 0.29) is 11.5 Å². The van der Waals surface area contributed by atoms with Crippen molar-refractivity contribution in [1.82, 2.24) is 9.13 Å². The summed E-state index contributed by atoms with van der Waals surface area (Å²) in [5.41, 5.74) is 3.82. The number of para-hydroxylation sites is 1. The highest BCUT2D eigenvalue weighted by molar-refractivity contribution is 6.21. The number of aromatic nitrogens is 2. The fourth-order valence-electron chi connectivity index (χ4n) is 2.45. The summed E-state index contributed by atoms with van der Waals surface area (Å²) in [6.07, 6.45) is 3.66. The number of aromatic hydroxyl groups is 1. The van der Waals surface area contributed by atoms with Crippen molar-refractivity contribution in [2.45, 2.75) is 13.5 Å². The van der Waals surface area contributed by atoms with E-state index in [0.29, 0.717) is 12.2 Å². The largest absolute Gasteiger partial charge is 0.493 e. The zero-order valence-electron chi connectivity index (χ0n) is 11.5. The molecule has 2 aromatic rings. The summed E-state index contributed by atoms with van der Waals surface area (Å²) in [5, 5.41) is 18.2. The topological polar surface area (TPSA) is 66.3 Å². The van der Waals surface area contributed by atoms with E-state index in [4.69, 9.17) is 5.41 Å². The molecule has 5 heteroatoms. The van der Waals surface area contributed by atoms with Gasteiger partial charge in [-0.05, 0) is 19.1 Å². The third kappa shape index (κ3) is 1.71. The molecule has 0 atom stereocenters. The zero-order valence-corrected chi connectivity index (χ0v) is 11.5. The van der Waals surface area contributed by atoms with Gasteiger partial charge in [-0.15, -0.1) is 0 Å².